The molecule has 2 nitrogen and oxygen atoms in total. The van der Waals surface area contributed by atoms with Gasteiger partial charge in [-0.15, -0.1) is 0 Å². The van der Waals surface area contributed by atoms with Crippen LogP contribution in [-0.2, 0) is 0 Å². The number of aryl methyl sites for hydroxylation is 1. The van der Waals surface area contributed by atoms with E-state index in [1.807, 2.05) is 33.8 Å². The maximum atomic E-state index is 10.3. The zero-order valence-electron chi connectivity index (χ0n) is 10.4. The molecule has 0 aliphatic carbocycles. The summed E-state index contributed by atoms with van der Waals surface area (Å²) >= 11 is 9.80. The zero-order valence-corrected chi connectivity index (χ0v) is 12.8. The average molecular weight is 319 g/mol. The summed E-state index contributed by atoms with van der Waals surface area (Å²) in [5.74, 6) is 0.0185. The number of hydrogen-bond acceptors (Lipinski definition) is 2. The van der Waals surface area contributed by atoms with Gasteiger partial charge in [0, 0.05) is 21.6 Å². The molecule has 17 heavy (non-hydrogen) atoms. The Morgan fingerprint density at radius 3 is 2.65 bits per heavy atom. The van der Waals surface area contributed by atoms with Crippen LogP contribution < -0.4 is 5.32 Å². The van der Waals surface area contributed by atoms with Crippen molar-refractivity contribution >= 4 is 33.2 Å². The van der Waals surface area contributed by atoms with E-state index < -0.39 is 6.10 Å². The smallest absolute Gasteiger partial charge is 0.0831 e. The highest BCUT2D eigenvalue weighted by molar-refractivity contribution is 9.10. The number of benzene rings is 1. The van der Waals surface area contributed by atoms with Gasteiger partial charge in [0.25, 0.3) is 0 Å². The lowest BCUT2D eigenvalue weighted by atomic mass is 9.78. The lowest BCUT2D eigenvalue weighted by molar-refractivity contribution is 0.0869. The van der Waals surface area contributed by atoms with Gasteiger partial charge >= 0.3 is 0 Å². The van der Waals surface area contributed by atoms with Gasteiger partial charge in [-0.3, -0.25) is 0 Å². The summed E-state index contributed by atoms with van der Waals surface area (Å²) in [4.78, 5) is 0. The summed E-state index contributed by atoms with van der Waals surface area (Å²) in [7, 11) is 0. The number of halogens is 2. The van der Waals surface area contributed by atoms with Crippen LogP contribution in [0.15, 0.2) is 10.5 Å². The Balaban J connectivity index is 2.69. The molecule has 0 bridgehead atoms. The maximum absolute atomic E-state index is 10.3. The SMILES string of the molecule is Cc1cc(Br)c(Cl)c2c1NC(C)(C)[C@H](O)[C@H]2C. The van der Waals surface area contributed by atoms with E-state index in [0.717, 1.165) is 21.3 Å². The highest BCUT2D eigenvalue weighted by Crippen LogP contribution is 2.46. The fraction of sp³-hybridized carbons (Fsp3) is 0.538. The Bertz CT molecular complexity index is 473. The molecule has 2 rings (SSSR count). The second-order valence-corrected chi connectivity index (χ2v) is 6.59. The van der Waals surface area contributed by atoms with Crippen LogP contribution in [0.4, 0.5) is 5.69 Å². The number of anilines is 1. The zero-order chi connectivity index (χ0) is 13.0. The van der Waals surface area contributed by atoms with Gasteiger partial charge in [0.15, 0.2) is 0 Å². The molecular weight excluding hydrogens is 302 g/mol. The van der Waals surface area contributed by atoms with E-state index in [1.54, 1.807) is 0 Å². The Morgan fingerprint density at radius 1 is 1.47 bits per heavy atom. The highest BCUT2D eigenvalue weighted by Gasteiger charge is 2.40. The molecule has 0 amide bonds. The van der Waals surface area contributed by atoms with Gasteiger partial charge in [0.2, 0.25) is 0 Å². The number of rotatable bonds is 0. The number of nitrogens with one attached hydrogen (secondary N) is 1. The fourth-order valence-corrected chi connectivity index (χ4v) is 3.43. The molecule has 1 aromatic carbocycles. The van der Waals surface area contributed by atoms with E-state index in [0.29, 0.717) is 5.02 Å². The molecule has 94 valence electrons. The van der Waals surface area contributed by atoms with Crippen molar-refractivity contribution in [3.8, 4) is 0 Å². The molecular formula is C13H17BrClNO. The molecule has 0 saturated heterocycles. The largest absolute Gasteiger partial charge is 0.390 e. The first-order valence-electron chi connectivity index (χ1n) is 5.70. The van der Waals surface area contributed by atoms with Crippen molar-refractivity contribution in [2.24, 2.45) is 0 Å². The van der Waals surface area contributed by atoms with E-state index in [1.165, 1.54) is 0 Å². The number of aliphatic hydroxyl groups is 1. The summed E-state index contributed by atoms with van der Waals surface area (Å²) in [6, 6.07) is 2.01. The van der Waals surface area contributed by atoms with Crippen molar-refractivity contribution in [3.63, 3.8) is 0 Å². The quantitative estimate of drug-likeness (QED) is 0.755. The molecule has 2 N–H and O–H groups in total. The second kappa shape index (κ2) is 4.15. The minimum Gasteiger partial charge on any atom is -0.390 e. The Labute approximate surface area is 115 Å². The molecule has 0 unspecified atom stereocenters. The molecule has 0 saturated carbocycles. The van der Waals surface area contributed by atoms with Crippen LogP contribution in [0.25, 0.3) is 0 Å². The van der Waals surface area contributed by atoms with Crippen LogP contribution in [0.2, 0.25) is 5.02 Å². The first kappa shape index (κ1) is 13.2. The van der Waals surface area contributed by atoms with E-state index in [2.05, 4.69) is 21.2 Å². The molecule has 1 aliphatic rings. The van der Waals surface area contributed by atoms with E-state index in [9.17, 15) is 5.11 Å². The molecule has 1 aliphatic heterocycles. The normalized spacial score (nSPS) is 26.3. The third-order valence-electron chi connectivity index (χ3n) is 3.57. The Morgan fingerprint density at radius 2 is 2.06 bits per heavy atom. The summed E-state index contributed by atoms with van der Waals surface area (Å²) in [5.41, 5.74) is 2.86. The summed E-state index contributed by atoms with van der Waals surface area (Å²) in [6.07, 6.45) is -0.457. The van der Waals surface area contributed by atoms with Crippen LogP contribution in [-0.4, -0.2) is 16.7 Å². The molecule has 0 radical (unpaired) electrons. The van der Waals surface area contributed by atoms with Gasteiger partial charge in [0.05, 0.1) is 16.7 Å². The minimum atomic E-state index is -0.457. The molecule has 4 heteroatoms. The topological polar surface area (TPSA) is 32.3 Å². The lowest BCUT2D eigenvalue weighted by Crippen LogP contribution is -2.50. The van der Waals surface area contributed by atoms with Crippen LogP contribution in [0.3, 0.4) is 0 Å². The van der Waals surface area contributed by atoms with Gasteiger partial charge in [0.1, 0.15) is 0 Å². The van der Waals surface area contributed by atoms with E-state index in [-0.39, 0.29) is 11.5 Å². The minimum absolute atomic E-state index is 0.0185. The predicted octanol–water partition coefficient (Wildman–Crippen LogP) is 4.08. The van der Waals surface area contributed by atoms with Crippen LogP contribution in [0, 0.1) is 6.92 Å². The van der Waals surface area contributed by atoms with Crippen molar-refractivity contribution < 1.29 is 5.11 Å². The van der Waals surface area contributed by atoms with Crippen LogP contribution >= 0.6 is 27.5 Å². The highest BCUT2D eigenvalue weighted by atomic mass is 79.9. The van der Waals surface area contributed by atoms with Crippen LogP contribution in [0.5, 0.6) is 0 Å². The molecule has 1 heterocycles. The number of aliphatic hydroxyl groups excluding tert-OH is 1. The van der Waals surface area contributed by atoms with E-state index >= 15 is 0 Å². The number of hydrogen-bond donors (Lipinski definition) is 2. The van der Waals surface area contributed by atoms with Crippen molar-refractivity contribution in [2.75, 3.05) is 5.32 Å². The Hall–Kier alpha value is -0.250. The first-order chi connectivity index (χ1) is 7.75. The van der Waals surface area contributed by atoms with Gasteiger partial charge in [-0.05, 0) is 48.3 Å². The number of fused-ring (bicyclic) bond motifs is 1. The summed E-state index contributed by atoms with van der Waals surface area (Å²) in [5, 5.41) is 14.4. The molecule has 2 atom stereocenters. The fourth-order valence-electron chi connectivity index (χ4n) is 2.55. The summed E-state index contributed by atoms with van der Waals surface area (Å²) < 4.78 is 0.885. The molecule has 0 fully saturated rings. The van der Waals surface area contributed by atoms with Gasteiger partial charge in [-0.25, -0.2) is 0 Å². The standard InChI is InChI=1S/C13H17BrClNO/c1-6-5-8(14)10(15)9-7(2)12(17)13(3,4)16-11(6)9/h5,7,12,16-17H,1-4H3/t7-,12+/m0/s1. The van der Waals surface area contributed by atoms with Crippen molar-refractivity contribution in [2.45, 2.75) is 45.3 Å². The summed E-state index contributed by atoms with van der Waals surface area (Å²) in [6.45, 7) is 8.08. The molecule has 0 aromatic heterocycles. The maximum Gasteiger partial charge on any atom is 0.0831 e. The van der Waals surface area contributed by atoms with E-state index in [4.69, 9.17) is 11.6 Å². The predicted molar refractivity (Wildman–Crippen MR) is 76.0 cm³/mol. The van der Waals surface area contributed by atoms with Crippen molar-refractivity contribution in [1.82, 2.24) is 0 Å². The van der Waals surface area contributed by atoms with Crippen molar-refractivity contribution in [3.05, 3.63) is 26.7 Å². The first-order valence-corrected chi connectivity index (χ1v) is 6.87. The molecule has 1 aromatic rings. The van der Waals surface area contributed by atoms with Gasteiger partial charge < -0.3 is 10.4 Å². The van der Waals surface area contributed by atoms with Crippen molar-refractivity contribution in [1.29, 1.82) is 0 Å². The lowest BCUT2D eigenvalue weighted by Gasteiger charge is -2.43. The van der Waals surface area contributed by atoms with Crippen LogP contribution in [0.1, 0.15) is 37.8 Å². The third kappa shape index (κ3) is 1.98. The third-order valence-corrected chi connectivity index (χ3v) is 4.83. The van der Waals surface area contributed by atoms with Gasteiger partial charge in [-0.2, -0.15) is 0 Å². The second-order valence-electron chi connectivity index (χ2n) is 5.36. The Kier molecular flexibility index (Phi) is 3.22. The monoisotopic (exact) mass is 317 g/mol. The average Bonchev–Trinajstić information content (AvgIpc) is 2.22. The molecule has 0 spiro atoms. The van der Waals surface area contributed by atoms with Gasteiger partial charge in [-0.1, -0.05) is 18.5 Å².